The molecule has 124 valence electrons. The maximum absolute atomic E-state index is 12.8. The summed E-state index contributed by atoms with van der Waals surface area (Å²) in [6, 6.07) is 19.0. The number of hydrogen-bond donors (Lipinski definition) is 1. The third kappa shape index (κ3) is 2.87. The highest BCUT2D eigenvalue weighted by Gasteiger charge is 2.18. The molecule has 0 saturated heterocycles. The van der Waals surface area contributed by atoms with E-state index in [9.17, 15) is 4.79 Å². The fourth-order valence-corrected chi connectivity index (χ4v) is 3.34. The van der Waals surface area contributed by atoms with Crippen LogP contribution in [0.15, 0.2) is 75.5 Å². The van der Waals surface area contributed by atoms with Crippen LogP contribution in [-0.2, 0) is 0 Å². The molecule has 0 aliphatic carbocycles. The number of para-hydroxylation sites is 2. The van der Waals surface area contributed by atoms with Crippen LogP contribution in [0, 0.1) is 6.92 Å². The van der Waals surface area contributed by atoms with Crippen LogP contribution in [0.4, 0.5) is 0 Å². The molecule has 2 heterocycles. The lowest BCUT2D eigenvalue weighted by Gasteiger charge is -2.02. The Morgan fingerprint density at radius 3 is 2.28 bits per heavy atom. The quantitative estimate of drug-likeness (QED) is 0.612. The molecule has 8 heteroatoms. The van der Waals surface area contributed by atoms with E-state index in [1.54, 1.807) is 4.68 Å². The number of H-pyrrole nitrogens is 1. The fourth-order valence-electron chi connectivity index (χ4n) is 2.48. The van der Waals surface area contributed by atoms with Crippen molar-refractivity contribution in [3.05, 3.63) is 76.7 Å². The summed E-state index contributed by atoms with van der Waals surface area (Å²) in [4.78, 5) is 13.4. The van der Waals surface area contributed by atoms with Gasteiger partial charge in [-0.3, -0.25) is 9.89 Å². The highest BCUT2D eigenvalue weighted by molar-refractivity contribution is 7.99. The molecule has 7 nitrogen and oxygen atoms in total. The Kier molecular flexibility index (Phi) is 3.95. The van der Waals surface area contributed by atoms with Crippen molar-refractivity contribution in [1.29, 1.82) is 0 Å². The Labute approximate surface area is 147 Å². The summed E-state index contributed by atoms with van der Waals surface area (Å²) >= 11 is 1.25. The average Bonchev–Trinajstić information content (AvgIpc) is 3.23. The molecule has 2 aromatic carbocycles. The second-order valence-electron chi connectivity index (χ2n) is 5.35. The lowest BCUT2D eigenvalue weighted by molar-refractivity contribution is 0.756. The molecule has 0 bridgehead atoms. The summed E-state index contributed by atoms with van der Waals surface area (Å²) in [5.74, 6) is 0. The summed E-state index contributed by atoms with van der Waals surface area (Å²) < 4.78 is 3.14. The topological polar surface area (TPSA) is 81.4 Å². The van der Waals surface area contributed by atoms with E-state index < -0.39 is 0 Å². The van der Waals surface area contributed by atoms with Crippen LogP contribution in [0.5, 0.6) is 0 Å². The predicted octanol–water partition coefficient (Wildman–Crippen LogP) is 2.60. The average molecular weight is 350 g/mol. The second kappa shape index (κ2) is 6.40. The van der Waals surface area contributed by atoms with Gasteiger partial charge in [0.2, 0.25) is 5.16 Å². The lowest BCUT2D eigenvalue weighted by Crippen LogP contribution is -2.15. The molecule has 0 saturated carbocycles. The Hall–Kier alpha value is -3.13. The van der Waals surface area contributed by atoms with Gasteiger partial charge in [0.25, 0.3) is 5.56 Å². The van der Waals surface area contributed by atoms with Crippen molar-refractivity contribution in [2.75, 3.05) is 0 Å². The lowest BCUT2D eigenvalue weighted by atomic mass is 10.3. The van der Waals surface area contributed by atoms with Crippen molar-refractivity contribution in [1.82, 2.24) is 30.0 Å². The first-order valence-corrected chi connectivity index (χ1v) is 8.44. The molecular weight excluding hydrogens is 336 g/mol. The molecule has 4 aromatic rings. The Morgan fingerprint density at radius 2 is 1.60 bits per heavy atom. The summed E-state index contributed by atoms with van der Waals surface area (Å²) in [5, 5.41) is 15.5. The third-order valence-electron chi connectivity index (χ3n) is 3.67. The summed E-state index contributed by atoms with van der Waals surface area (Å²) in [7, 11) is 0. The first-order chi connectivity index (χ1) is 12.2. The summed E-state index contributed by atoms with van der Waals surface area (Å²) in [6.45, 7) is 1.86. The van der Waals surface area contributed by atoms with E-state index in [1.807, 2.05) is 67.6 Å². The standard InChI is InChI=1S/C17H14N6OS/c1-12-15(16(24)22(19-12)13-8-4-2-5-9-13)25-17-18-20-21-23(17)14-10-6-3-7-11-14/h2-11,19H,1H3. The minimum absolute atomic E-state index is 0.128. The van der Waals surface area contributed by atoms with Gasteiger partial charge in [0.15, 0.2) is 0 Å². The number of aryl methyl sites for hydroxylation is 1. The maximum atomic E-state index is 12.8. The minimum Gasteiger partial charge on any atom is -0.294 e. The highest BCUT2D eigenvalue weighted by atomic mass is 32.2. The van der Waals surface area contributed by atoms with Crippen molar-refractivity contribution in [3.63, 3.8) is 0 Å². The fraction of sp³-hybridized carbons (Fsp3) is 0.0588. The van der Waals surface area contributed by atoms with E-state index in [1.165, 1.54) is 16.4 Å². The number of benzene rings is 2. The number of tetrazole rings is 1. The van der Waals surface area contributed by atoms with E-state index >= 15 is 0 Å². The zero-order valence-corrected chi connectivity index (χ0v) is 14.1. The third-order valence-corrected chi connectivity index (χ3v) is 4.79. The van der Waals surface area contributed by atoms with Crippen LogP contribution in [0.25, 0.3) is 11.4 Å². The van der Waals surface area contributed by atoms with Gasteiger partial charge < -0.3 is 0 Å². The Balaban J connectivity index is 1.73. The van der Waals surface area contributed by atoms with E-state index in [0.717, 1.165) is 17.1 Å². The zero-order valence-electron chi connectivity index (χ0n) is 13.3. The number of rotatable bonds is 4. The zero-order chi connectivity index (χ0) is 17.2. The molecule has 0 atom stereocenters. The van der Waals surface area contributed by atoms with Crippen LogP contribution in [0.3, 0.4) is 0 Å². The van der Waals surface area contributed by atoms with Crippen molar-refractivity contribution in [2.45, 2.75) is 17.0 Å². The van der Waals surface area contributed by atoms with E-state index in [2.05, 4.69) is 20.6 Å². The molecule has 0 aliphatic heterocycles. The van der Waals surface area contributed by atoms with Crippen LogP contribution in [-0.4, -0.2) is 30.0 Å². The number of nitrogens with one attached hydrogen (secondary N) is 1. The van der Waals surface area contributed by atoms with E-state index in [-0.39, 0.29) is 5.56 Å². The van der Waals surface area contributed by atoms with Crippen LogP contribution in [0.1, 0.15) is 5.69 Å². The number of nitrogens with zero attached hydrogens (tertiary/aromatic N) is 5. The largest absolute Gasteiger partial charge is 0.294 e. The maximum Gasteiger partial charge on any atom is 0.285 e. The normalized spacial score (nSPS) is 10.9. The molecule has 0 unspecified atom stereocenters. The molecule has 4 rings (SSSR count). The van der Waals surface area contributed by atoms with Crippen molar-refractivity contribution in [3.8, 4) is 11.4 Å². The monoisotopic (exact) mass is 350 g/mol. The molecular formula is C17H14N6OS. The van der Waals surface area contributed by atoms with Crippen molar-refractivity contribution in [2.24, 2.45) is 0 Å². The molecule has 1 N–H and O–H groups in total. The first-order valence-electron chi connectivity index (χ1n) is 7.63. The number of aromatic amines is 1. The van der Waals surface area contributed by atoms with Gasteiger partial charge in [-0.05, 0) is 53.4 Å². The van der Waals surface area contributed by atoms with E-state index in [4.69, 9.17) is 0 Å². The molecule has 0 fully saturated rings. The minimum atomic E-state index is -0.128. The van der Waals surface area contributed by atoms with Crippen molar-refractivity contribution < 1.29 is 0 Å². The van der Waals surface area contributed by atoms with Gasteiger partial charge in [0, 0.05) is 5.69 Å². The van der Waals surface area contributed by atoms with Crippen LogP contribution >= 0.6 is 11.8 Å². The molecule has 0 amide bonds. The van der Waals surface area contributed by atoms with Gasteiger partial charge in [-0.15, -0.1) is 5.10 Å². The second-order valence-corrected chi connectivity index (χ2v) is 6.33. The molecule has 25 heavy (non-hydrogen) atoms. The summed E-state index contributed by atoms with van der Waals surface area (Å²) in [5.41, 5.74) is 2.26. The first kappa shape index (κ1) is 15.4. The van der Waals surface area contributed by atoms with Gasteiger partial charge in [0.05, 0.1) is 11.4 Å². The smallest absolute Gasteiger partial charge is 0.285 e. The molecule has 0 aliphatic rings. The van der Waals surface area contributed by atoms with Gasteiger partial charge >= 0.3 is 0 Å². The number of aromatic nitrogens is 6. The summed E-state index contributed by atoms with van der Waals surface area (Å²) in [6.07, 6.45) is 0. The molecule has 2 aromatic heterocycles. The van der Waals surface area contributed by atoms with Gasteiger partial charge in [-0.1, -0.05) is 36.4 Å². The predicted molar refractivity (Wildman–Crippen MR) is 94.4 cm³/mol. The number of hydrogen-bond acceptors (Lipinski definition) is 5. The Morgan fingerprint density at radius 1 is 0.960 bits per heavy atom. The van der Waals surface area contributed by atoms with Crippen molar-refractivity contribution >= 4 is 11.8 Å². The SMILES string of the molecule is Cc1[nH]n(-c2ccccc2)c(=O)c1Sc1nnnn1-c1ccccc1. The molecule has 0 radical (unpaired) electrons. The van der Waals surface area contributed by atoms with Crippen LogP contribution in [0.2, 0.25) is 0 Å². The van der Waals surface area contributed by atoms with Gasteiger partial charge in [0.1, 0.15) is 4.90 Å². The Bertz CT molecular complexity index is 1050. The van der Waals surface area contributed by atoms with Gasteiger partial charge in [-0.2, -0.15) is 4.68 Å². The van der Waals surface area contributed by atoms with Crippen LogP contribution < -0.4 is 5.56 Å². The van der Waals surface area contributed by atoms with E-state index in [0.29, 0.717) is 10.1 Å². The molecule has 0 spiro atoms. The highest BCUT2D eigenvalue weighted by Crippen LogP contribution is 2.26. The van der Waals surface area contributed by atoms with Gasteiger partial charge in [-0.25, -0.2) is 4.68 Å².